The molecule has 1 fully saturated rings. The Morgan fingerprint density at radius 2 is 2.11 bits per heavy atom. The van der Waals surface area contributed by atoms with Crippen molar-refractivity contribution in [1.82, 2.24) is 10.2 Å². The van der Waals surface area contributed by atoms with Crippen molar-refractivity contribution in [1.29, 1.82) is 0 Å². The van der Waals surface area contributed by atoms with E-state index in [9.17, 15) is 0 Å². The number of likely N-dealkylation sites (N-methyl/N-ethyl adjacent to an activating group) is 1. The Morgan fingerprint density at radius 3 is 2.72 bits per heavy atom. The molecule has 108 valence electrons. The molecule has 0 aromatic heterocycles. The van der Waals surface area contributed by atoms with E-state index in [2.05, 4.69) is 38.0 Å². The summed E-state index contributed by atoms with van der Waals surface area (Å²) in [4.78, 5) is 2.54. The van der Waals surface area contributed by atoms with Crippen LogP contribution in [0.2, 0.25) is 0 Å². The van der Waals surface area contributed by atoms with Gasteiger partial charge in [-0.2, -0.15) is 0 Å². The highest BCUT2D eigenvalue weighted by Gasteiger charge is 2.27. The van der Waals surface area contributed by atoms with E-state index < -0.39 is 0 Å². The number of morpholine rings is 1. The van der Waals surface area contributed by atoms with Gasteiger partial charge in [-0.1, -0.05) is 33.6 Å². The maximum atomic E-state index is 5.98. The molecule has 3 heteroatoms. The van der Waals surface area contributed by atoms with Crippen molar-refractivity contribution >= 4 is 0 Å². The second-order valence-corrected chi connectivity index (χ2v) is 5.73. The van der Waals surface area contributed by atoms with Crippen LogP contribution in [0.3, 0.4) is 0 Å². The van der Waals surface area contributed by atoms with Crippen LogP contribution in [0.5, 0.6) is 0 Å². The van der Waals surface area contributed by atoms with E-state index >= 15 is 0 Å². The van der Waals surface area contributed by atoms with Gasteiger partial charge in [-0.25, -0.2) is 0 Å². The van der Waals surface area contributed by atoms with E-state index in [4.69, 9.17) is 4.74 Å². The summed E-state index contributed by atoms with van der Waals surface area (Å²) in [6, 6.07) is 0.506. The lowest BCUT2D eigenvalue weighted by molar-refractivity contribution is -0.0486. The van der Waals surface area contributed by atoms with Gasteiger partial charge in [0, 0.05) is 19.1 Å². The van der Waals surface area contributed by atoms with Gasteiger partial charge in [-0.05, 0) is 32.4 Å². The van der Waals surface area contributed by atoms with Crippen LogP contribution in [0.1, 0.15) is 46.5 Å². The van der Waals surface area contributed by atoms with Crippen molar-refractivity contribution in [3.05, 3.63) is 0 Å². The number of nitrogens with zero attached hydrogens (tertiary/aromatic N) is 1. The first-order valence-corrected chi connectivity index (χ1v) is 7.72. The van der Waals surface area contributed by atoms with E-state index in [1.807, 2.05) is 0 Å². The van der Waals surface area contributed by atoms with Crippen LogP contribution in [0.4, 0.5) is 0 Å². The molecule has 0 spiro atoms. The molecule has 3 atom stereocenters. The Bertz CT molecular complexity index is 207. The molecule has 0 aromatic rings. The normalized spacial score (nSPS) is 25.0. The van der Waals surface area contributed by atoms with E-state index in [1.54, 1.807) is 0 Å². The van der Waals surface area contributed by atoms with Gasteiger partial charge in [-0.15, -0.1) is 0 Å². The average Bonchev–Trinajstić information content (AvgIpc) is 2.37. The fourth-order valence-corrected chi connectivity index (χ4v) is 2.99. The second kappa shape index (κ2) is 8.89. The highest BCUT2D eigenvalue weighted by Crippen LogP contribution is 2.18. The smallest absolute Gasteiger partial charge is 0.0855 e. The minimum atomic E-state index is 0.370. The first kappa shape index (κ1) is 15.9. The zero-order valence-corrected chi connectivity index (χ0v) is 12.7. The predicted molar refractivity (Wildman–Crippen MR) is 78.0 cm³/mol. The number of hydrogen-bond acceptors (Lipinski definition) is 3. The fraction of sp³-hybridized carbons (Fsp3) is 1.00. The van der Waals surface area contributed by atoms with Gasteiger partial charge in [0.25, 0.3) is 0 Å². The monoisotopic (exact) mass is 256 g/mol. The van der Waals surface area contributed by atoms with Gasteiger partial charge in [0.2, 0.25) is 0 Å². The second-order valence-electron chi connectivity index (χ2n) is 5.73. The maximum absolute atomic E-state index is 5.98. The summed E-state index contributed by atoms with van der Waals surface area (Å²) in [7, 11) is 2.07. The van der Waals surface area contributed by atoms with Gasteiger partial charge < -0.3 is 10.1 Å². The molecule has 0 aromatic carbocycles. The number of rotatable bonds is 8. The average molecular weight is 256 g/mol. The SMILES string of the molecule is CCCC(C)CC(NC)C1CN(CCC)CCO1. The molecule has 1 aliphatic heterocycles. The van der Waals surface area contributed by atoms with Crippen LogP contribution in [0.25, 0.3) is 0 Å². The summed E-state index contributed by atoms with van der Waals surface area (Å²) in [6.45, 7) is 11.2. The molecule has 0 radical (unpaired) electrons. The largest absolute Gasteiger partial charge is 0.374 e. The third-order valence-electron chi connectivity index (χ3n) is 3.97. The molecule has 0 aliphatic carbocycles. The minimum absolute atomic E-state index is 0.370. The van der Waals surface area contributed by atoms with Crippen molar-refractivity contribution in [2.45, 2.75) is 58.6 Å². The van der Waals surface area contributed by atoms with E-state index in [0.29, 0.717) is 12.1 Å². The van der Waals surface area contributed by atoms with Crippen LogP contribution < -0.4 is 5.32 Å². The third-order valence-corrected chi connectivity index (χ3v) is 3.97. The molecule has 1 heterocycles. The molecule has 1 saturated heterocycles. The highest BCUT2D eigenvalue weighted by molar-refractivity contribution is 4.83. The van der Waals surface area contributed by atoms with Gasteiger partial charge in [-0.3, -0.25) is 4.90 Å². The van der Waals surface area contributed by atoms with Crippen molar-refractivity contribution in [2.75, 3.05) is 33.3 Å². The molecule has 1 aliphatic rings. The topological polar surface area (TPSA) is 24.5 Å². The Morgan fingerprint density at radius 1 is 1.33 bits per heavy atom. The molecule has 0 bridgehead atoms. The molecule has 0 saturated carbocycles. The number of nitrogens with one attached hydrogen (secondary N) is 1. The highest BCUT2D eigenvalue weighted by atomic mass is 16.5. The van der Waals surface area contributed by atoms with Gasteiger partial charge >= 0.3 is 0 Å². The van der Waals surface area contributed by atoms with Crippen LogP contribution in [-0.4, -0.2) is 50.3 Å². The van der Waals surface area contributed by atoms with Gasteiger partial charge in [0.15, 0.2) is 0 Å². The van der Waals surface area contributed by atoms with E-state index in [1.165, 1.54) is 32.2 Å². The summed E-state index contributed by atoms with van der Waals surface area (Å²) in [5.74, 6) is 0.789. The zero-order chi connectivity index (χ0) is 13.4. The van der Waals surface area contributed by atoms with Gasteiger partial charge in [0.05, 0.1) is 12.7 Å². The van der Waals surface area contributed by atoms with Crippen molar-refractivity contribution < 1.29 is 4.74 Å². The summed E-state index contributed by atoms with van der Waals surface area (Å²) in [5.41, 5.74) is 0. The third kappa shape index (κ3) is 5.25. The number of hydrogen-bond donors (Lipinski definition) is 1. The van der Waals surface area contributed by atoms with Crippen molar-refractivity contribution in [2.24, 2.45) is 5.92 Å². The first-order chi connectivity index (χ1) is 8.71. The molecular formula is C15H32N2O. The Balaban J connectivity index is 2.42. The lowest BCUT2D eigenvalue weighted by Crippen LogP contribution is -2.52. The lowest BCUT2D eigenvalue weighted by Gasteiger charge is -2.37. The lowest BCUT2D eigenvalue weighted by atomic mass is 9.93. The van der Waals surface area contributed by atoms with Crippen LogP contribution >= 0.6 is 0 Å². The maximum Gasteiger partial charge on any atom is 0.0855 e. The Labute approximate surface area is 113 Å². The van der Waals surface area contributed by atoms with Gasteiger partial charge in [0.1, 0.15) is 0 Å². The molecule has 3 nitrogen and oxygen atoms in total. The summed E-state index contributed by atoms with van der Waals surface area (Å²) in [5, 5.41) is 3.47. The zero-order valence-electron chi connectivity index (χ0n) is 12.7. The van der Waals surface area contributed by atoms with E-state index in [0.717, 1.165) is 25.6 Å². The predicted octanol–water partition coefficient (Wildman–Crippen LogP) is 2.51. The van der Waals surface area contributed by atoms with E-state index in [-0.39, 0.29) is 0 Å². The number of ether oxygens (including phenoxy) is 1. The summed E-state index contributed by atoms with van der Waals surface area (Å²) >= 11 is 0. The molecule has 18 heavy (non-hydrogen) atoms. The molecular weight excluding hydrogens is 224 g/mol. The molecule has 1 rings (SSSR count). The van der Waals surface area contributed by atoms with Crippen LogP contribution in [0, 0.1) is 5.92 Å². The van der Waals surface area contributed by atoms with Crippen molar-refractivity contribution in [3.63, 3.8) is 0 Å². The molecule has 1 N–H and O–H groups in total. The minimum Gasteiger partial charge on any atom is -0.374 e. The first-order valence-electron chi connectivity index (χ1n) is 7.72. The fourth-order valence-electron chi connectivity index (χ4n) is 2.99. The molecule has 0 amide bonds. The van der Waals surface area contributed by atoms with Crippen LogP contribution in [0.15, 0.2) is 0 Å². The summed E-state index contributed by atoms with van der Waals surface area (Å²) < 4.78 is 5.98. The summed E-state index contributed by atoms with van der Waals surface area (Å²) in [6.07, 6.45) is 5.45. The standard InChI is InChI=1S/C15H32N2O/c1-5-7-13(3)11-14(16-4)15-12-17(8-6-2)9-10-18-15/h13-16H,5-12H2,1-4H3. The quantitative estimate of drug-likeness (QED) is 0.722. The Kier molecular flexibility index (Phi) is 7.87. The van der Waals surface area contributed by atoms with Crippen LogP contribution in [-0.2, 0) is 4.74 Å². The van der Waals surface area contributed by atoms with Crippen molar-refractivity contribution in [3.8, 4) is 0 Å². The molecule has 3 unspecified atom stereocenters. The Hall–Kier alpha value is -0.120.